The Labute approximate surface area is 156 Å². The second-order valence-electron chi connectivity index (χ2n) is 7.36. The third-order valence-electron chi connectivity index (χ3n) is 5.55. The molecular weight excluding hydrogens is 328 g/mol. The maximum atomic E-state index is 12.4. The van der Waals surface area contributed by atoms with Crippen LogP contribution in [0.15, 0.2) is 30.3 Å². The number of hydrogen-bond donors (Lipinski definition) is 0. The van der Waals surface area contributed by atoms with Crippen LogP contribution >= 0.6 is 0 Å². The predicted octanol–water partition coefficient (Wildman–Crippen LogP) is 3.10. The molecule has 1 heterocycles. The van der Waals surface area contributed by atoms with Crippen LogP contribution in [0.5, 0.6) is 5.75 Å². The molecule has 0 bridgehead atoms. The standard InChI is InChI=1S/C21H30N2O3/c24-20(11-10-18-6-4-5-7-18)22-13-15-23(16-14-22)21(25)12-17-26-19-8-2-1-3-9-19/h1-3,8-9,18H,4-7,10-17H2. The van der Waals surface area contributed by atoms with Crippen LogP contribution in [0.2, 0.25) is 0 Å². The normalized spacial score (nSPS) is 18.2. The largest absolute Gasteiger partial charge is 0.493 e. The molecule has 1 aromatic carbocycles. The lowest BCUT2D eigenvalue weighted by molar-refractivity contribution is -0.140. The summed E-state index contributed by atoms with van der Waals surface area (Å²) in [6, 6.07) is 9.55. The summed E-state index contributed by atoms with van der Waals surface area (Å²) in [6.45, 7) is 2.99. The van der Waals surface area contributed by atoms with Gasteiger partial charge in [0.25, 0.3) is 0 Å². The van der Waals surface area contributed by atoms with E-state index >= 15 is 0 Å². The number of ether oxygens (including phenoxy) is 1. The van der Waals surface area contributed by atoms with E-state index in [2.05, 4.69) is 0 Å². The highest BCUT2D eigenvalue weighted by Crippen LogP contribution is 2.28. The van der Waals surface area contributed by atoms with Crippen molar-refractivity contribution >= 4 is 11.8 Å². The fraction of sp³-hybridized carbons (Fsp3) is 0.619. The van der Waals surface area contributed by atoms with Crippen LogP contribution in [0, 0.1) is 5.92 Å². The van der Waals surface area contributed by atoms with E-state index in [-0.39, 0.29) is 11.8 Å². The number of piperazine rings is 1. The minimum Gasteiger partial charge on any atom is -0.493 e. The smallest absolute Gasteiger partial charge is 0.226 e. The number of para-hydroxylation sites is 1. The van der Waals surface area contributed by atoms with E-state index in [9.17, 15) is 9.59 Å². The summed E-state index contributed by atoms with van der Waals surface area (Å²) in [7, 11) is 0. The molecule has 1 saturated carbocycles. The summed E-state index contributed by atoms with van der Waals surface area (Å²) in [5.41, 5.74) is 0. The first-order valence-corrected chi connectivity index (χ1v) is 9.96. The van der Waals surface area contributed by atoms with Gasteiger partial charge in [-0.1, -0.05) is 43.9 Å². The van der Waals surface area contributed by atoms with Crippen molar-refractivity contribution in [2.24, 2.45) is 5.92 Å². The van der Waals surface area contributed by atoms with E-state index in [0.717, 1.165) is 18.1 Å². The Hall–Kier alpha value is -2.04. The minimum atomic E-state index is 0.110. The number of amides is 2. The second-order valence-corrected chi connectivity index (χ2v) is 7.36. The SMILES string of the molecule is O=C(CCOc1ccccc1)N1CCN(C(=O)CCC2CCCC2)CC1. The molecule has 0 atom stereocenters. The van der Waals surface area contributed by atoms with E-state index in [4.69, 9.17) is 4.74 Å². The van der Waals surface area contributed by atoms with Gasteiger partial charge in [0, 0.05) is 32.6 Å². The molecule has 3 rings (SSSR count). The number of hydrogen-bond acceptors (Lipinski definition) is 3. The first-order valence-electron chi connectivity index (χ1n) is 9.96. The molecule has 2 fully saturated rings. The van der Waals surface area contributed by atoms with Crippen molar-refractivity contribution < 1.29 is 14.3 Å². The Morgan fingerprint density at radius 1 is 0.885 bits per heavy atom. The van der Waals surface area contributed by atoms with Gasteiger partial charge >= 0.3 is 0 Å². The monoisotopic (exact) mass is 358 g/mol. The van der Waals surface area contributed by atoms with Crippen LogP contribution < -0.4 is 4.74 Å². The van der Waals surface area contributed by atoms with E-state index in [1.807, 2.05) is 40.1 Å². The van der Waals surface area contributed by atoms with E-state index < -0.39 is 0 Å². The van der Waals surface area contributed by atoms with Gasteiger partial charge in [-0.3, -0.25) is 9.59 Å². The van der Waals surface area contributed by atoms with Crippen molar-refractivity contribution in [3.8, 4) is 5.75 Å². The van der Waals surface area contributed by atoms with Gasteiger partial charge in [-0.05, 0) is 24.5 Å². The fourth-order valence-corrected chi connectivity index (χ4v) is 3.92. The highest BCUT2D eigenvalue weighted by Gasteiger charge is 2.25. The molecule has 0 unspecified atom stereocenters. The molecule has 26 heavy (non-hydrogen) atoms. The van der Waals surface area contributed by atoms with Crippen molar-refractivity contribution in [1.82, 2.24) is 9.80 Å². The van der Waals surface area contributed by atoms with Crippen molar-refractivity contribution in [2.75, 3.05) is 32.8 Å². The van der Waals surface area contributed by atoms with Crippen molar-refractivity contribution in [2.45, 2.75) is 44.9 Å². The van der Waals surface area contributed by atoms with E-state index in [0.29, 0.717) is 45.6 Å². The molecule has 1 saturated heterocycles. The Balaban J connectivity index is 1.32. The first kappa shape index (κ1) is 18.7. The Bertz CT molecular complexity index is 576. The molecule has 1 aliphatic carbocycles. The van der Waals surface area contributed by atoms with Crippen LogP contribution in [-0.4, -0.2) is 54.4 Å². The van der Waals surface area contributed by atoms with Crippen LogP contribution in [0.1, 0.15) is 44.9 Å². The maximum Gasteiger partial charge on any atom is 0.226 e. The van der Waals surface area contributed by atoms with Gasteiger partial charge in [-0.2, -0.15) is 0 Å². The topological polar surface area (TPSA) is 49.9 Å². The van der Waals surface area contributed by atoms with Gasteiger partial charge in [-0.15, -0.1) is 0 Å². The zero-order valence-corrected chi connectivity index (χ0v) is 15.6. The summed E-state index contributed by atoms with van der Waals surface area (Å²) in [4.78, 5) is 28.5. The summed E-state index contributed by atoms with van der Waals surface area (Å²) in [5, 5.41) is 0. The van der Waals surface area contributed by atoms with Crippen LogP contribution in [0.4, 0.5) is 0 Å². The van der Waals surface area contributed by atoms with Gasteiger partial charge < -0.3 is 14.5 Å². The summed E-state index contributed by atoms with van der Waals surface area (Å²) >= 11 is 0. The van der Waals surface area contributed by atoms with Crippen molar-refractivity contribution in [3.63, 3.8) is 0 Å². The van der Waals surface area contributed by atoms with E-state index in [1.165, 1.54) is 25.7 Å². The van der Waals surface area contributed by atoms with Crippen molar-refractivity contribution in [1.29, 1.82) is 0 Å². The number of carbonyl (C=O) groups excluding carboxylic acids is 2. The highest BCUT2D eigenvalue weighted by molar-refractivity contribution is 5.78. The van der Waals surface area contributed by atoms with Gasteiger partial charge in [0.2, 0.25) is 11.8 Å². The number of rotatable bonds is 7. The lowest BCUT2D eigenvalue weighted by atomic mass is 10.0. The molecule has 0 spiro atoms. The number of carbonyl (C=O) groups is 2. The van der Waals surface area contributed by atoms with E-state index in [1.54, 1.807) is 0 Å². The molecule has 1 aliphatic heterocycles. The van der Waals surface area contributed by atoms with Gasteiger partial charge in [0.05, 0.1) is 13.0 Å². The van der Waals surface area contributed by atoms with Gasteiger partial charge in [-0.25, -0.2) is 0 Å². The molecule has 5 nitrogen and oxygen atoms in total. The van der Waals surface area contributed by atoms with Crippen molar-refractivity contribution in [3.05, 3.63) is 30.3 Å². The number of benzene rings is 1. The Kier molecular flexibility index (Phi) is 6.92. The maximum absolute atomic E-state index is 12.4. The Morgan fingerprint density at radius 3 is 2.08 bits per heavy atom. The van der Waals surface area contributed by atoms with Crippen LogP contribution in [0.3, 0.4) is 0 Å². The third-order valence-corrected chi connectivity index (χ3v) is 5.55. The molecule has 2 amide bonds. The fourth-order valence-electron chi connectivity index (χ4n) is 3.92. The molecule has 0 aromatic heterocycles. The van der Waals surface area contributed by atoms with Gasteiger partial charge in [0.15, 0.2) is 0 Å². The Morgan fingerprint density at radius 2 is 1.46 bits per heavy atom. The molecule has 2 aliphatic rings. The summed E-state index contributed by atoms with van der Waals surface area (Å²) in [6.07, 6.45) is 7.32. The molecule has 0 N–H and O–H groups in total. The zero-order valence-electron chi connectivity index (χ0n) is 15.6. The summed E-state index contributed by atoms with van der Waals surface area (Å²) in [5.74, 6) is 1.92. The highest BCUT2D eigenvalue weighted by atomic mass is 16.5. The molecular formula is C21H30N2O3. The zero-order chi connectivity index (χ0) is 18.2. The lowest BCUT2D eigenvalue weighted by Crippen LogP contribution is -2.50. The molecule has 1 aromatic rings. The lowest BCUT2D eigenvalue weighted by Gasteiger charge is -2.35. The van der Waals surface area contributed by atoms with Crippen LogP contribution in [-0.2, 0) is 9.59 Å². The molecule has 0 radical (unpaired) electrons. The average Bonchev–Trinajstić information content (AvgIpc) is 3.20. The third kappa shape index (κ3) is 5.48. The quantitative estimate of drug-likeness (QED) is 0.753. The number of nitrogens with zero attached hydrogens (tertiary/aromatic N) is 2. The minimum absolute atomic E-state index is 0.110. The predicted molar refractivity (Wildman–Crippen MR) is 101 cm³/mol. The van der Waals surface area contributed by atoms with Crippen LogP contribution in [0.25, 0.3) is 0 Å². The summed E-state index contributed by atoms with van der Waals surface area (Å²) < 4.78 is 5.60. The molecule has 142 valence electrons. The first-order chi connectivity index (χ1) is 12.7. The second kappa shape index (κ2) is 9.60. The van der Waals surface area contributed by atoms with Gasteiger partial charge in [0.1, 0.15) is 5.75 Å². The molecule has 5 heteroatoms. The average molecular weight is 358 g/mol.